The molecule has 130 valence electrons. The third-order valence-electron chi connectivity index (χ3n) is 4.24. The van der Waals surface area contributed by atoms with Crippen molar-refractivity contribution < 1.29 is 14.3 Å². The molecule has 1 aliphatic heterocycles. The molecule has 0 aromatic heterocycles. The molecule has 25 heavy (non-hydrogen) atoms. The van der Waals surface area contributed by atoms with Gasteiger partial charge in [-0.25, -0.2) is 4.79 Å². The Hall–Kier alpha value is -2.04. The number of anilines is 1. The van der Waals surface area contributed by atoms with Crippen LogP contribution in [0.4, 0.5) is 5.69 Å². The summed E-state index contributed by atoms with van der Waals surface area (Å²) in [6.45, 7) is 3.52. The van der Waals surface area contributed by atoms with Crippen molar-refractivity contribution in [3.8, 4) is 0 Å². The monoisotopic (exact) mass is 377 g/mol. The Labute approximate surface area is 156 Å². The number of nitrogens with zero attached hydrogens (tertiary/aromatic N) is 1. The number of benzene rings is 2. The number of rotatable bonds is 3. The maximum absolute atomic E-state index is 12.8. The lowest BCUT2D eigenvalue weighted by atomic mass is 10.1. The predicted octanol–water partition coefficient (Wildman–Crippen LogP) is 4.52. The number of hydrogen-bond acceptors (Lipinski definition) is 3. The fraction of sp³-hybridized carbons (Fsp3) is 0.263. The maximum Gasteiger partial charge on any atom is 0.341 e. The molecule has 0 fully saturated rings. The Balaban J connectivity index is 1.79. The molecule has 0 unspecified atom stereocenters. The van der Waals surface area contributed by atoms with Crippen molar-refractivity contribution in [3.63, 3.8) is 0 Å². The van der Waals surface area contributed by atoms with E-state index < -0.39 is 12.1 Å². The van der Waals surface area contributed by atoms with Crippen LogP contribution in [0.5, 0.6) is 0 Å². The zero-order valence-electron chi connectivity index (χ0n) is 13.8. The molecular formula is C19H17Cl2NO3. The van der Waals surface area contributed by atoms with Gasteiger partial charge in [-0.05, 0) is 44.0 Å². The van der Waals surface area contributed by atoms with E-state index in [1.165, 1.54) is 0 Å². The maximum atomic E-state index is 12.8. The van der Waals surface area contributed by atoms with E-state index >= 15 is 0 Å². The van der Waals surface area contributed by atoms with E-state index in [0.29, 0.717) is 0 Å². The molecule has 1 amide bonds. The van der Waals surface area contributed by atoms with Crippen LogP contribution in [0.1, 0.15) is 29.8 Å². The van der Waals surface area contributed by atoms with E-state index in [2.05, 4.69) is 0 Å². The third-order valence-corrected chi connectivity index (χ3v) is 4.87. The van der Waals surface area contributed by atoms with E-state index in [1.807, 2.05) is 31.2 Å². The van der Waals surface area contributed by atoms with Gasteiger partial charge >= 0.3 is 5.97 Å². The number of esters is 1. The molecule has 4 nitrogen and oxygen atoms in total. The summed E-state index contributed by atoms with van der Waals surface area (Å²) in [5.41, 5.74) is 2.04. The number of halogens is 2. The minimum atomic E-state index is -0.951. The average Bonchev–Trinajstić information content (AvgIpc) is 2.89. The van der Waals surface area contributed by atoms with Crippen LogP contribution >= 0.6 is 23.2 Å². The summed E-state index contributed by atoms with van der Waals surface area (Å²) in [6.07, 6.45) is -0.174. The van der Waals surface area contributed by atoms with Gasteiger partial charge in [-0.1, -0.05) is 47.5 Å². The number of para-hydroxylation sites is 1. The van der Waals surface area contributed by atoms with Crippen LogP contribution in [0.3, 0.4) is 0 Å². The van der Waals surface area contributed by atoms with Crippen molar-refractivity contribution in [2.75, 3.05) is 4.90 Å². The lowest BCUT2D eigenvalue weighted by Gasteiger charge is -2.26. The minimum absolute atomic E-state index is 0.00922. The number of carbonyl (C=O) groups is 2. The van der Waals surface area contributed by atoms with Gasteiger partial charge in [0.25, 0.3) is 5.91 Å². The van der Waals surface area contributed by atoms with Crippen LogP contribution in [0.25, 0.3) is 0 Å². The lowest BCUT2D eigenvalue weighted by molar-refractivity contribution is -0.126. The smallest absolute Gasteiger partial charge is 0.341 e. The van der Waals surface area contributed by atoms with E-state index in [9.17, 15) is 9.59 Å². The summed E-state index contributed by atoms with van der Waals surface area (Å²) < 4.78 is 5.34. The first-order valence-electron chi connectivity index (χ1n) is 7.96. The van der Waals surface area contributed by atoms with Gasteiger partial charge in [-0.15, -0.1) is 0 Å². The second-order valence-electron chi connectivity index (χ2n) is 6.03. The molecule has 6 heteroatoms. The number of ether oxygens (including phenoxy) is 1. The van der Waals surface area contributed by atoms with Gasteiger partial charge < -0.3 is 9.64 Å². The second kappa shape index (κ2) is 7.06. The van der Waals surface area contributed by atoms with Crippen LogP contribution in [-0.4, -0.2) is 24.0 Å². The molecule has 0 bridgehead atoms. The summed E-state index contributed by atoms with van der Waals surface area (Å²) in [5, 5.41) is 0.383. The summed E-state index contributed by atoms with van der Waals surface area (Å²) in [5.74, 6) is -0.981. The quantitative estimate of drug-likeness (QED) is 0.738. The predicted molar refractivity (Wildman–Crippen MR) is 98.4 cm³/mol. The van der Waals surface area contributed by atoms with Gasteiger partial charge in [0.2, 0.25) is 0 Å². The van der Waals surface area contributed by atoms with Crippen molar-refractivity contribution in [1.82, 2.24) is 0 Å². The molecule has 0 radical (unpaired) electrons. The summed E-state index contributed by atoms with van der Waals surface area (Å²) in [6, 6.07) is 12.5. The molecule has 0 saturated heterocycles. The van der Waals surface area contributed by atoms with Gasteiger partial charge in [0.05, 0.1) is 15.6 Å². The highest BCUT2D eigenvalue weighted by Gasteiger charge is 2.34. The zero-order chi connectivity index (χ0) is 18.1. The highest BCUT2D eigenvalue weighted by molar-refractivity contribution is 6.39. The van der Waals surface area contributed by atoms with Crippen molar-refractivity contribution in [2.45, 2.75) is 32.4 Å². The SMILES string of the molecule is C[C@@H]1Cc2ccccc2N1C(=O)[C@@H](C)OC(=O)c1c(Cl)cccc1Cl. The molecule has 1 aliphatic rings. The summed E-state index contributed by atoms with van der Waals surface area (Å²) in [7, 11) is 0. The number of carbonyl (C=O) groups excluding carboxylic acids is 2. The van der Waals surface area contributed by atoms with Gasteiger partial charge in [0, 0.05) is 11.7 Å². The molecule has 0 saturated carbocycles. The van der Waals surface area contributed by atoms with E-state index in [0.717, 1.165) is 17.7 Å². The van der Waals surface area contributed by atoms with Crippen LogP contribution < -0.4 is 4.90 Å². The summed E-state index contributed by atoms with van der Waals surface area (Å²) in [4.78, 5) is 26.9. The van der Waals surface area contributed by atoms with E-state index in [1.54, 1.807) is 30.0 Å². The minimum Gasteiger partial charge on any atom is -0.449 e. The topological polar surface area (TPSA) is 46.6 Å². The highest BCUT2D eigenvalue weighted by atomic mass is 35.5. The fourth-order valence-electron chi connectivity index (χ4n) is 3.06. The average molecular weight is 378 g/mol. The molecular weight excluding hydrogens is 361 g/mol. The first-order valence-corrected chi connectivity index (χ1v) is 8.71. The molecule has 0 spiro atoms. The normalized spacial score (nSPS) is 17.1. The van der Waals surface area contributed by atoms with Gasteiger partial charge in [0.15, 0.2) is 6.10 Å². The molecule has 2 aromatic rings. The van der Waals surface area contributed by atoms with E-state index in [4.69, 9.17) is 27.9 Å². The first-order chi connectivity index (χ1) is 11.9. The molecule has 1 heterocycles. The van der Waals surface area contributed by atoms with Crippen LogP contribution in [0, 0.1) is 0 Å². The lowest BCUT2D eigenvalue weighted by Crippen LogP contribution is -2.43. The summed E-state index contributed by atoms with van der Waals surface area (Å²) >= 11 is 12.0. The first kappa shape index (κ1) is 17.8. The number of fused-ring (bicyclic) bond motifs is 1. The molecule has 0 aliphatic carbocycles. The number of hydrogen-bond donors (Lipinski definition) is 0. The Morgan fingerprint density at radius 2 is 1.76 bits per heavy atom. The van der Waals surface area contributed by atoms with E-state index in [-0.39, 0.29) is 27.6 Å². The highest BCUT2D eigenvalue weighted by Crippen LogP contribution is 2.33. The van der Waals surface area contributed by atoms with Crippen molar-refractivity contribution >= 4 is 40.8 Å². The second-order valence-corrected chi connectivity index (χ2v) is 6.85. The standard InChI is InChI=1S/C19H17Cl2NO3/c1-11-10-13-6-3-4-9-16(13)22(11)18(23)12(2)25-19(24)17-14(20)7-5-8-15(17)21/h3-9,11-12H,10H2,1-2H3/t11-,12-/m1/s1. The number of amides is 1. The molecule has 3 rings (SSSR count). The molecule has 0 N–H and O–H groups in total. The molecule has 2 atom stereocenters. The van der Waals surface area contributed by atoms with Gasteiger partial charge in [-0.2, -0.15) is 0 Å². The van der Waals surface area contributed by atoms with Crippen LogP contribution in [0.2, 0.25) is 10.0 Å². The Kier molecular flexibility index (Phi) is 5.02. The fourth-order valence-corrected chi connectivity index (χ4v) is 3.61. The Bertz CT molecular complexity index is 817. The largest absolute Gasteiger partial charge is 0.449 e. The zero-order valence-corrected chi connectivity index (χ0v) is 15.3. The van der Waals surface area contributed by atoms with Crippen molar-refractivity contribution in [1.29, 1.82) is 0 Å². The van der Waals surface area contributed by atoms with Crippen LogP contribution in [0.15, 0.2) is 42.5 Å². The Morgan fingerprint density at radius 3 is 2.44 bits per heavy atom. The van der Waals surface area contributed by atoms with Crippen LogP contribution in [-0.2, 0) is 16.0 Å². The Morgan fingerprint density at radius 1 is 1.12 bits per heavy atom. The molecule has 2 aromatic carbocycles. The van der Waals surface area contributed by atoms with Gasteiger partial charge in [0.1, 0.15) is 0 Å². The van der Waals surface area contributed by atoms with Crippen molar-refractivity contribution in [3.05, 3.63) is 63.6 Å². The third kappa shape index (κ3) is 3.37. The van der Waals surface area contributed by atoms with Gasteiger partial charge in [-0.3, -0.25) is 4.79 Å². The van der Waals surface area contributed by atoms with Crippen molar-refractivity contribution in [2.24, 2.45) is 0 Å².